The summed E-state index contributed by atoms with van der Waals surface area (Å²) in [6.45, 7) is 2.44. The predicted octanol–water partition coefficient (Wildman–Crippen LogP) is 5.42. The van der Waals surface area contributed by atoms with Crippen molar-refractivity contribution in [3.05, 3.63) is 95.1 Å². The Morgan fingerprint density at radius 3 is 1.97 bits per heavy atom. The average Bonchev–Trinajstić information content (AvgIpc) is 2.96. The van der Waals surface area contributed by atoms with Gasteiger partial charge in [0, 0.05) is 31.0 Å². The zero-order chi connectivity index (χ0) is 21.2. The smallest absolute Gasteiger partial charge is 0.325 e. The Labute approximate surface area is 195 Å². The Balaban J connectivity index is 0.00000245. The second-order valence-corrected chi connectivity index (χ2v) is 8.49. The molecule has 5 rings (SSSR count). The van der Waals surface area contributed by atoms with Crippen LogP contribution in [0.4, 0.5) is 11.4 Å². The van der Waals surface area contributed by atoms with Crippen molar-refractivity contribution in [1.82, 2.24) is 4.90 Å². The summed E-state index contributed by atoms with van der Waals surface area (Å²) >= 11 is 0. The molecule has 4 nitrogen and oxygen atoms in total. The summed E-state index contributed by atoms with van der Waals surface area (Å²) in [7, 11) is 0. The summed E-state index contributed by atoms with van der Waals surface area (Å²) in [6.07, 6.45) is 3.92. The summed E-state index contributed by atoms with van der Waals surface area (Å²) < 4.78 is 0. The van der Waals surface area contributed by atoms with Crippen LogP contribution in [-0.4, -0.2) is 35.6 Å². The van der Waals surface area contributed by atoms with Crippen molar-refractivity contribution < 1.29 is 9.90 Å². The average molecular weight is 449 g/mol. The van der Waals surface area contributed by atoms with E-state index in [-0.39, 0.29) is 12.4 Å². The molecule has 2 aliphatic rings. The lowest BCUT2D eigenvalue weighted by Crippen LogP contribution is -2.41. The van der Waals surface area contributed by atoms with Gasteiger partial charge in [-0.1, -0.05) is 60.7 Å². The summed E-state index contributed by atoms with van der Waals surface area (Å²) in [6, 6.07) is 24.8. The molecule has 2 aliphatic heterocycles. The minimum atomic E-state index is -0.752. The lowest BCUT2D eigenvalue weighted by Gasteiger charge is -2.35. The number of para-hydroxylation sites is 2. The minimum Gasteiger partial charge on any atom is -0.480 e. The predicted molar refractivity (Wildman–Crippen MR) is 131 cm³/mol. The van der Waals surface area contributed by atoms with E-state index in [1.807, 2.05) is 18.2 Å². The van der Waals surface area contributed by atoms with Gasteiger partial charge >= 0.3 is 5.97 Å². The van der Waals surface area contributed by atoms with Crippen LogP contribution in [0, 0.1) is 0 Å². The lowest BCUT2D eigenvalue weighted by molar-refractivity contribution is -0.144. The van der Waals surface area contributed by atoms with Crippen LogP contribution < -0.4 is 4.90 Å². The van der Waals surface area contributed by atoms with Crippen LogP contribution in [0.1, 0.15) is 34.7 Å². The molecule has 0 saturated heterocycles. The molecule has 0 aromatic heterocycles. The highest BCUT2D eigenvalue weighted by Crippen LogP contribution is 2.36. The van der Waals surface area contributed by atoms with Gasteiger partial charge in [0.05, 0.1) is 0 Å². The third-order valence-electron chi connectivity index (χ3n) is 6.67. The number of aryl methyl sites for hydroxylation is 2. The van der Waals surface area contributed by atoms with Gasteiger partial charge in [0.25, 0.3) is 0 Å². The molecule has 32 heavy (non-hydrogen) atoms. The van der Waals surface area contributed by atoms with Gasteiger partial charge in [0.1, 0.15) is 6.04 Å². The van der Waals surface area contributed by atoms with E-state index in [4.69, 9.17) is 0 Å². The summed E-state index contributed by atoms with van der Waals surface area (Å²) in [5, 5.41) is 9.95. The first-order valence-corrected chi connectivity index (χ1v) is 11.2. The first-order valence-electron chi connectivity index (χ1n) is 11.2. The molecule has 2 heterocycles. The van der Waals surface area contributed by atoms with E-state index in [0.29, 0.717) is 0 Å². The van der Waals surface area contributed by atoms with Gasteiger partial charge in [0.2, 0.25) is 0 Å². The summed E-state index contributed by atoms with van der Waals surface area (Å²) in [5.74, 6) is -0.752. The van der Waals surface area contributed by atoms with Crippen LogP contribution >= 0.6 is 12.4 Å². The Morgan fingerprint density at radius 2 is 1.34 bits per heavy atom. The number of nitrogens with zero attached hydrogens (tertiary/aromatic N) is 2. The van der Waals surface area contributed by atoms with Crippen molar-refractivity contribution in [2.75, 3.05) is 24.5 Å². The van der Waals surface area contributed by atoms with Crippen molar-refractivity contribution in [3.63, 3.8) is 0 Å². The number of fused-ring (bicyclic) bond motifs is 3. The fourth-order valence-corrected chi connectivity index (χ4v) is 5.19. The van der Waals surface area contributed by atoms with E-state index in [1.165, 1.54) is 28.1 Å². The quantitative estimate of drug-likeness (QED) is 0.566. The van der Waals surface area contributed by atoms with Gasteiger partial charge in [-0.25, -0.2) is 0 Å². The third-order valence-corrected chi connectivity index (χ3v) is 6.67. The van der Waals surface area contributed by atoms with E-state index in [0.717, 1.165) is 50.9 Å². The first kappa shape index (κ1) is 22.4. The molecule has 1 unspecified atom stereocenters. The Morgan fingerprint density at radius 1 is 0.781 bits per heavy atom. The van der Waals surface area contributed by atoms with E-state index in [1.54, 1.807) is 0 Å². The molecule has 0 aliphatic carbocycles. The molecule has 5 heteroatoms. The van der Waals surface area contributed by atoms with E-state index in [9.17, 15) is 9.90 Å². The number of hydrogen-bond donors (Lipinski definition) is 1. The van der Waals surface area contributed by atoms with Crippen molar-refractivity contribution >= 4 is 29.8 Å². The maximum atomic E-state index is 12.1. The standard InChI is InChI=1S/C27H28N2O2.ClH/c30-27(31)26-23-11-4-1-8-20(23)16-19-28(26)17-7-18-29-24-12-5-2-9-21(24)14-15-22-10-3-6-13-25(22)29;/h1-6,8-13,26H,7,14-19H2,(H,30,31);1H. The molecule has 0 saturated carbocycles. The number of carboxylic acid groups (broad SMARTS) is 1. The zero-order valence-electron chi connectivity index (χ0n) is 18.1. The van der Waals surface area contributed by atoms with Gasteiger partial charge in [0.15, 0.2) is 0 Å². The van der Waals surface area contributed by atoms with Crippen LogP contribution in [-0.2, 0) is 24.1 Å². The number of carboxylic acids is 1. The molecule has 3 aromatic rings. The highest BCUT2D eigenvalue weighted by Gasteiger charge is 2.32. The Bertz CT molecular complexity index is 1050. The van der Waals surface area contributed by atoms with Gasteiger partial charge < -0.3 is 10.0 Å². The highest BCUT2D eigenvalue weighted by molar-refractivity contribution is 5.85. The molecule has 0 bridgehead atoms. The van der Waals surface area contributed by atoms with Crippen molar-refractivity contribution in [3.8, 4) is 0 Å². The topological polar surface area (TPSA) is 43.8 Å². The molecule has 0 radical (unpaired) electrons. The summed E-state index contributed by atoms with van der Waals surface area (Å²) in [5.41, 5.74) is 7.45. The zero-order valence-corrected chi connectivity index (χ0v) is 18.9. The molecule has 0 fully saturated rings. The number of benzene rings is 3. The largest absolute Gasteiger partial charge is 0.480 e. The van der Waals surface area contributed by atoms with Gasteiger partial charge in [-0.15, -0.1) is 12.4 Å². The lowest BCUT2D eigenvalue weighted by atomic mass is 9.92. The number of carbonyl (C=O) groups is 1. The number of anilines is 2. The van der Waals surface area contributed by atoms with E-state index >= 15 is 0 Å². The molecular formula is C27H29ClN2O2. The van der Waals surface area contributed by atoms with Gasteiger partial charge in [-0.2, -0.15) is 0 Å². The Hall–Kier alpha value is -2.82. The van der Waals surface area contributed by atoms with Gasteiger partial charge in [-0.05, 0) is 60.1 Å². The second-order valence-electron chi connectivity index (χ2n) is 8.49. The molecule has 3 aromatic carbocycles. The first-order chi connectivity index (χ1) is 15.2. The van der Waals surface area contributed by atoms with Crippen LogP contribution in [0.15, 0.2) is 72.8 Å². The molecule has 0 spiro atoms. The van der Waals surface area contributed by atoms with E-state index in [2.05, 4.69) is 64.4 Å². The van der Waals surface area contributed by atoms with Gasteiger partial charge in [-0.3, -0.25) is 9.69 Å². The minimum absolute atomic E-state index is 0. The van der Waals surface area contributed by atoms with Crippen LogP contribution in [0.2, 0.25) is 0 Å². The molecule has 1 N–H and O–H groups in total. The normalized spacial score (nSPS) is 17.4. The van der Waals surface area contributed by atoms with Crippen LogP contribution in [0.3, 0.4) is 0 Å². The van der Waals surface area contributed by atoms with E-state index < -0.39 is 12.0 Å². The molecule has 166 valence electrons. The SMILES string of the molecule is Cl.O=C(O)C1c2ccccc2CCN1CCCN1c2ccccc2CCc2ccccc21. The molecule has 1 atom stereocenters. The number of hydrogen-bond acceptors (Lipinski definition) is 3. The van der Waals surface area contributed by atoms with Crippen molar-refractivity contribution in [2.24, 2.45) is 0 Å². The van der Waals surface area contributed by atoms with Crippen molar-refractivity contribution in [2.45, 2.75) is 31.7 Å². The fraction of sp³-hybridized carbons (Fsp3) is 0.296. The van der Waals surface area contributed by atoms with Crippen molar-refractivity contribution in [1.29, 1.82) is 0 Å². The fourth-order valence-electron chi connectivity index (χ4n) is 5.19. The number of rotatable bonds is 5. The number of aliphatic carboxylic acids is 1. The maximum Gasteiger partial charge on any atom is 0.325 e. The number of halogens is 1. The highest BCUT2D eigenvalue weighted by atomic mass is 35.5. The molecular weight excluding hydrogens is 420 g/mol. The summed E-state index contributed by atoms with van der Waals surface area (Å²) in [4.78, 5) is 16.7. The third kappa shape index (κ3) is 4.25. The second kappa shape index (κ2) is 9.76. The van der Waals surface area contributed by atoms with Crippen LogP contribution in [0.25, 0.3) is 0 Å². The maximum absolute atomic E-state index is 12.1. The Kier molecular flexibility index (Phi) is 6.83. The monoisotopic (exact) mass is 448 g/mol. The van der Waals surface area contributed by atoms with Crippen LogP contribution in [0.5, 0.6) is 0 Å². The molecule has 0 amide bonds.